The summed E-state index contributed by atoms with van der Waals surface area (Å²) >= 11 is 0. The van der Waals surface area contributed by atoms with Gasteiger partial charge in [0.1, 0.15) is 5.75 Å². The number of carbonyl (C=O) groups is 1. The Balaban J connectivity index is 1.77. The number of piperidine rings is 1. The second-order valence-corrected chi connectivity index (χ2v) is 6.89. The van der Waals surface area contributed by atoms with E-state index in [1.54, 1.807) is 7.11 Å². The van der Waals surface area contributed by atoms with Gasteiger partial charge in [0.15, 0.2) is 0 Å². The van der Waals surface area contributed by atoms with E-state index >= 15 is 0 Å². The molecule has 0 aromatic heterocycles. The molecule has 3 rings (SSSR count). The molecule has 3 nitrogen and oxygen atoms in total. The lowest BCUT2D eigenvalue weighted by Gasteiger charge is -2.42. The average molecular weight is 323 g/mol. The molecule has 2 atom stereocenters. The molecule has 0 N–H and O–H groups in total. The van der Waals surface area contributed by atoms with Crippen molar-refractivity contribution in [2.24, 2.45) is 0 Å². The van der Waals surface area contributed by atoms with Crippen molar-refractivity contribution in [3.8, 4) is 5.75 Å². The predicted octanol–water partition coefficient (Wildman–Crippen LogP) is 4.34. The number of benzene rings is 2. The van der Waals surface area contributed by atoms with Gasteiger partial charge in [0.25, 0.3) is 0 Å². The van der Waals surface area contributed by atoms with Gasteiger partial charge in [-0.05, 0) is 36.6 Å². The van der Waals surface area contributed by atoms with Crippen LogP contribution in [0.25, 0.3) is 0 Å². The lowest BCUT2D eigenvalue weighted by Crippen LogP contribution is -2.45. The predicted molar refractivity (Wildman–Crippen MR) is 96.2 cm³/mol. The van der Waals surface area contributed by atoms with Crippen LogP contribution >= 0.6 is 0 Å². The molecular weight excluding hydrogens is 298 g/mol. The maximum atomic E-state index is 12.8. The Bertz CT molecular complexity index is 713. The molecule has 0 saturated carbocycles. The standard InChI is InChI=1S/C21H25NO2/c1-16(17-8-7-11-19(14-17)24-3)22-13-12-21(2,15-20(22)23)18-9-5-4-6-10-18/h4-11,14,16H,12-13,15H2,1-3H3/t16-,21?/m0/s1. The van der Waals surface area contributed by atoms with Crippen LogP contribution in [0.2, 0.25) is 0 Å². The summed E-state index contributed by atoms with van der Waals surface area (Å²) in [4.78, 5) is 14.8. The third-order valence-corrected chi connectivity index (χ3v) is 5.28. The van der Waals surface area contributed by atoms with Crippen LogP contribution in [0.15, 0.2) is 54.6 Å². The summed E-state index contributed by atoms with van der Waals surface area (Å²) < 4.78 is 5.31. The van der Waals surface area contributed by atoms with Gasteiger partial charge in [-0.3, -0.25) is 4.79 Å². The Kier molecular flexibility index (Phi) is 4.61. The first-order valence-electron chi connectivity index (χ1n) is 8.52. The summed E-state index contributed by atoms with van der Waals surface area (Å²) in [6.07, 6.45) is 1.54. The van der Waals surface area contributed by atoms with Crippen molar-refractivity contribution in [2.75, 3.05) is 13.7 Å². The highest BCUT2D eigenvalue weighted by atomic mass is 16.5. The number of nitrogens with zero attached hydrogens (tertiary/aromatic N) is 1. The molecule has 1 unspecified atom stereocenters. The molecule has 2 aromatic carbocycles. The monoisotopic (exact) mass is 323 g/mol. The molecule has 1 amide bonds. The second-order valence-electron chi connectivity index (χ2n) is 6.89. The van der Waals surface area contributed by atoms with E-state index in [4.69, 9.17) is 4.74 Å². The van der Waals surface area contributed by atoms with Crippen LogP contribution in [-0.4, -0.2) is 24.5 Å². The Morgan fingerprint density at radius 1 is 1.12 bits per heavy atom. The van der Waals surface area contributed by atoms with Gasteiger partial charge < -0.3 is 9.64 Å². The fraction of sp³-hybridized carbons (Fsp3) is 0.381. The van der Waals surface area contributed by atoms with Gasteiger partial charge in [-0.25, -0.2) is 0 Å². The third kappa shape index (κ3) is 3.16. The quantitative estimate of drug-likeness (QED) is 0.838. The van der Waals surface area contributed by atoms with E-state index in [-0.39, 0.29) is 17.4 Å². The topological polar surface area (TPSA) is 29.5 Å². The van der Waals surface area contributed by atoms with Crippen LogP contribution in [0.3, 0.4) is 0 Å². The number of rotatable bonds is 4. The molecule has 0 aliphatic carbocycles. The number of methoxy groups -OCH3 is 1. The van der Waals surface area contributed by atoms with Gasteiger partial charge in [-0.15, -0.1) is 0 Å². The first-order valence-corrected chi connectivity index (χ1v) is 8.52. The van der Waals surface area contributed by atoms with Crippen LogP contribution in [-0.2, 0) is 10.2 Å². The van der Waals surface area contributed by atoms with E-state index in [0.29, 0.717) is 6.42 Å². The summed E-state index contributed by atoms with van der Waals surface area (Å²) in [6.45, 7) is 5.08. The van der Waals surface area contributed by atoms with E-state index in [2.05, 4.69) is 44.2 Å². The zero-order valence-corrected chi connectivity index (χ0v) is 14.7. The van der Waals surface area contributed by atoms with Crippen molar-refractivity contribution in [2.45, 2.75) is 38.1 Å². The van der Waals surface area contributed by atoms with E-state index in [9.17, 15) is 4.79 Å². The molecule has 24 heavy (non-hydrogen) atoms. The molecule has 2 aromatic rings. The van der Waals surface area contributed by atoms with Crippen molar-refractivity contribution in [1.82, 2.24) is 4.90 Å². The SMILES string of the molecule is COc1cccc([C@H](C)N2CCC(C)(c3ccccc3)CC2=O)c1. The lowest BCUT2D eigenvalue weighted by molar-refractivity contribution is -0.138. The Morgan fingerprint density at radius 3 is 2.54 bits per heavy atom. The Labute approximate surface area is 144 Å². The zero-order chi connectivity index (χ0) is 17.2. The van der Waals surface area contributed by atoms with Crippen molar-refractivity contribution >= 4 is 5.91 Å². The molecule has 1 heterocycles. The van der Waals surface area contributed by atoms with Gasteiger partial charge >= 0.3 is 0 Å². The van der Waals surface area contributed by atoms with Gasteiger partial charge in [0.05, 0.1) is 13.2 Å². The van der Waals surface area contributed by atoms with Crippen molar-refractivity contribution in [3.05, 3.63) is 65.7 Å². The van der Waals surface area contributed by atoms with E-state index in [1.165, 1.54) is 5.56 Å². The Morgan fingerprint density at radius 2 is 1.88 bits per heavy atom. The normalized spacial score (nSPS) is 22.3. The maximum absolute atomic E-state index is 12.8. The lowest BCUT2D eigenvalue weighted by atomic mass is 9.74. The molecule has 1 saturated heterocycles. The zero-order valence-electron chi connectivity index (χ0n) is 14.7. The minimum Gasteiger partial charge on any atom is -0.497 e. The summed E-state index contributed by atoms with van der Waals surface area (Å²) in [7, 11) is 1.67. The summed E-state index contributed by atoms with van der Waals surface area (Å²) in [5.41, 5.74) is 2.31. The Hall–Kier alpha value is -2.29. The highest BCUT2D eigenvalue weighted by molar-refractivity contribution is 5.79. The van der Waals surface area contributed by atoms with Crippen molar-refractivity contribution < 1.29 is 9.53 Å². The van der Waals surface area contributed by atoms with Crippen molar-refractivity contribution in [1.29, 1.82) is 0 Å². The highest BCUT2D eigenvalue weighted by Gasteiger charge is 2.38. The maximum Gasteiger partial charge on any atom is 0.223 e. The van der Waals surface area contributed by atoms with Gasteiger partial charge in [-0.2, -0.15) is 0 Å². The second kappa shape index (κ2) is 6.68. The fourth-order valence-electron chi connectivity index (χ4n) is 3.59. The molecular formula is C21H25NO2. The number of hydrogen-bond donors (Lipinski definition) is 0. The largest absolute Gasteiger partial charge is 0.497 e. The van der Waals surface area contributed by atoms with Gasteiger partial charge in [0, 0.05) is 18.4 Å². The molecule has 3 heteroatoms. The highest BCUT2D eigenvalue weighted by Crippen LogP contribution is 2.38. The van der Waals surface area contributed by atoms with Gasteiger partial charge in [-0.1, -0.05) is 49.4 Å². The number of amides is 1. The van der Waals surface area contributed by atoms with Crippen LogP contribution in [0.4, 0.5) is 0 Å². The minimum absolute atomic E-state index is 0.0629. The van der Waals surface area contributed by atoms with E-state index in [0.717, 1.165) is 24.3 Å². The minimum atomic E-state index is -0.0665. The van der Waals surface area contributed by atoms with Crippen molar-refractivity contribution in [3.63, 3.8) is 0 Å². The van der Waals surface area contributed by atoms with Crippen LogP contribution in [0.1, 0.15) is 43.9 Å². The molecule has 126 valence electrons. The molecule has 1 aliphatic heterocycles. The smallest absolute Gasteiger partial charge is 0.223 e. The number of carbonyl (C=O) groups excluding carboxylic acids is 1. The molecule has 1 aliphatic rings. The average Bonchev–Trinajstić information content (AvgIpc) is 2.62. The number of likely N-dealkylation sites (tertiary alicyclic amines) is 1. The number of ether oxygens (including phenoxy) is 1. The van der Waals surface area contributed by atoms with Crippen LogP contribution in [0, 0.1) is 0 Å². The van der Waals surface area contributed by atoms with E-state index < -0.39 is 0 Å². The van der Waals surface area contributed by atoms with Crippen LogP contribution in [0.5, 0.6) is 5.75 Å². The van der Waals surface area contributed by atoms with Crippen LogP contribution < -0.4 is 4.74 Å². The summed E-state index contributed by atoms with van der Waals surface area (Å²) in [5.74, 6) is 1.06. The van der Waals surface area contributed by atoms with E-state index in [1.807, 2.05) is 29.2 Å². The number of hydrogen-bond acceptors (Lipinski definition) is 2. The van der Waals surface area contributed by atoms with Gasteiger partial charge in [0.2, 0.25) is 5.91 Å². The first-order chi connectivity index (χ1) is 11.5. The third-order valence-electron chi connectivity index (χ3n) is 5.28. The molecule has 1 fully saturated rings. The summed E-state index contributed by atoms with van der Waals surface area (Å²) in [6, 6.07) is 18.4. The summed E-state index contributed by atoms with van der Waals surface area (Å²) in [5, 5.41) is 0. The first kappa shape index (κ1) is 16.6. The molecule has 0 spiro atoms. The molecule has 0 radical (unpaired) electrons. The fourth-order valence-corrected chi connectivity index (χ4v) is 3.59. The molecule has 0 bridgehead atoms.